The summed E-state index contributed by atoms with van der Waals surface area (Å²) in [5, 5.41) is 0.299. The standard InChI is InChI=1S/C31H27ClN4O5S/c1-41-25-8-10-26(11-9-25)42(39,40)36-27-12-7-24(32)19-28(27)35(31(36)38)29(22-5-3-2-4-6-22)30(37)34-18-15-23(20-34)21-13-16-33-17-14-21/h2-14,16-17,19,23,29H,15,18,20H2,1H3. The van der Waals surface area contributed by atoms with Crippen LogP contribution in [0.3, 0.4) is 0 Å². The van der Waals surface area contributed by atoms with Crippen LogP contribution in [0.25, 0.3) is 11.0 Å². The van der Waals surface area contributed by atoms with Gasteiger partial charge < -0.3 is 9.64 Å². The van der Waals surface area contributed by atoms with E-state index in [4.69, 9.17) is 16.3 Å². The zero-order chi connectivity index (χ0) is 29.4. The number of nitrogens with zero attached hydrogens (tertiary/aromatic N) is 4. The SMILES string of the molecule is COc1ccc(S(=O)(=O)n2c(=O)n(C(C(=O)N3CCC(c4ccncc4)C3)c3ccccc3)c3cc(Cl)ccc32)cc1. The Balaban J connectivity index is 1.51. The number of likely N-dealkylation sites (tertiary alicyclic amines) is 1. The predicted molar refractivity (Wildman–Crippen MR) is 160 cm³/mol. The minimum absolute atomic E-state index is 0.0956. The molecule has 1 amide bonds. The molecule has 0 saturated carbocycles. The van der Waals surface area contributed by atoms with E-state index >= 15 is 0 Å². The number of pyridine rings is 1. The molecule has 3 heterocycles. The van der Waals surface area contributed by atoms with E-state index in [1.807, 2.05) is 18.2 Å². The van der Waals surface area contributed by atoms with Crippen LogP contribution in [0.4, 0.5) is 0 Å². The number of rotatable bonds is 7. The maximum Gasteiger partial charge on any atom is 0.344 e. The molecule has 0 bridgehead atoms. The molecule has 1 aliphatic heterocycles. The number of halogens is 1. The molecule has 1 aliphatic rings. The van der Waals surface area contributed by atoms with Gasteiger partial charge in [0.25, 0.3) is 10.0 Å². The Morgan fingerprint density at radius 2 is 1.69 bits per heavy atom. The smallest absolute Gasteiger partial charge is 0.344 e. The van der Waals surface area contributed by atoms with E-state index in [0.29, 0.717) is 29.4 Å². The quantitative estimate of drug-likeness (QED) is 0.267. The minimum Gasteiger partial charge on any atom is -0.497 e. The maximum atomic E-state index is 14.4. The molecule has 2 aromatic heterocycles. The fraction of sp³-hybridized carbons (Fsp3) is 0.194. The van der Waals surface area contributed by atoms with Crippen LogP contribution in [0.5, 0.6) is 5.75 Å². The van der Waals surface area contributed by atoms with Crippen LogP contribution < -0.4 is 10.4 Å². The summed E-state index contributed by atoms with van der Waals surface area (Å²) in [6.45, 7) is 0.956. The highest BCUT2D eigenvalue weighted by atomic mass is 35.5. The topological polar surface area (TPSA) is 104 Å². The average Bonchev–Trinajstić information content (AvgIpc) is 3.62. The Bertz CT molecular complexity index is 1920. The number of methoxy groups -OCH3 is 1. The number of hydrogen-bond acceptors (Lipinski definition) is 6. The first-order valence-electron chi connectivity index (χ1n) is 13.4. The summed E-state index contributed by atoms with van der Waals surface area (Å²) in [5.41, 5.74) is 1.12. The Hall–Kier alpha value is -4.41. The van der Waals surface area contributed by atoms with Crippen LogP contribution in [0, 0.1) is 0 Å². The predicted octanol–water partition coefficient (Wildman–Crippen LogP) is 4.70. The van der Waals surface area contributed by atoms with Gasteiger partial charge in [-0.1, -0.05) is 41.9 Å². The number of carbonyl (C=O) groups excluding carboxylic acids is 1. The lowest BCUT2D eigenvalue weighted by molar-refractivity contribution is -0.132. The molecule has 0 radical (unpaired) electrons. The van der Waals surface area contributed by atoms with Crippen LogP contribution >= 0.6 is 11.6 Å². The summed E-state index contributed by atoms with van der Waals surface area (Å²) < 4.78 is 35.0. The van der Waals surface area contributed by atoms with Gasteiger partial charge in [0.2, 0.25) is 5.91 Å². The molecule has 0 N–H and O–H groups in total. The Morgan fingerprint density at radius 1 is 0.976 bits per heavy atom. The molecule has 1 saturated heterocycles. The third-order valence-electron chi connectivity index (χ3n) is 7.68. The molecular weight excluding hydrogens is 576 g/mol. The first kappa shape index (κ1) is 27.7. The Morgan fingerprint density at radius 3 is 2.38 bits per heavy atom. The number of benzene rings is 3. The number of carbonyl (C=O) groups is 1. The van der Waals surface area contributed by atoms with E-state index in [2.05, 4.69) is 4.98 Å². The van der Waals surface area contributed by atoms with E-state index < -0.39 is 21.8 Å². The van der Waals surface area contributed by atoms with Gasteiger partial charge in [0, 0.05) is 36.4 Å². The van der Waals surface area contributed by atoms with Gasteiger partial charge in [-0.3, -0.25) is 14.3 Å². The number of aromatic nitrogens is 3. The molecule has 1 fully saturated rings. The Kier molecular flexibility index (Phi) is 7.34. The van der Waals surface area contributed by atoms with Crippen molar-refractivity contribution in [2.24, 2.45) is 0 Å². The molecule has 5 aromatic rings. The number of amides is 1. The zero-order valence-electron chi connectivity index (χ0n) is 22.6. The van der Waals surface area contributed by atoms with Gasteiger partial charge in [-0.25, -0.2) is 13.2 Å². The lowest BCUT2D eigenvalue weighted by Crippen LogP contribution is -2.41. The van der Waals surface area contributed by atoms with Gasteiger partial charge in [0.1, 0.15) is 11.8 Å². The van der Waals surface area contributed by atoms with Crippen LogP contribution in [0.1, 0.15) is 29.5 Å². The summed E-state index contributed by atoms with van der Waals surface area (Å²) in [4.78, 5) is 34.3. The van der Waals surface area contributed by atoms with Crippen molar-refractivity contribution in [2.75, 3.05) is 20.2 Å². The van der Waals surface area contributed by atoms with E-state index in [9.17, 15) is 18.0 Å². The van der Waals surface area contributed by atoms with Crippen molar-refractivity contribution >= 4 is 38.6 Å². The first-order valence-corrected chi connectivity index (χ1v) is 15.2. The molecule has 0 aliphatic carbocycles. The summed E-state index contributed by atoms with van der Waals surface area (Å²) in [6.07, 6.45) is 4.22. The molecule has 2 unspecified atom stereocenters. The van der Waals surface area contributed by atoms with Crippen LogP contribution in [-0.2, 0) is 14.8 Å². The van der Waals surface area contributed by atoms with E-state index in [1.165, 1.54) is 54.1 Å². The van der Waals surface area contributed by atoms with E-state index in [1.54, 1.807) is 41.6 Å². The van der Waals surface area contributed by atoms with Crippen molar-refractivity contribution in [3.8, 4) is 5.75 Å². The highest BCUT2D eigenvalue weighted by Gasteiger charge is 2.37. The molecule has 11 heteroatoms. The van der Waals surface area contributed by atoms with Gasteiger partial charge in [0.15, 0.2) is 0 Å². The van der Waals surface area contributed by atoms with Gasteiger partial charge in [-0.05, 0) is 72.1 Å². The highest BCUT2D eigenvalue weighted by molar-refractivity contribution is 7.90. The van der Waals surface area contributed by atoms with E-state index in [-0.39, 0.29) is 27.8 Å². The normalized spacial score (nSPS) is 16.0. The number of hydrogen-bond donors (Lipinski definition) is 0. The van der Waals surface area contributed by atoms with Gasteiger partial charge in [0.05, 0.1) is 23.0 Å². The van der Waals surface area contributed by atoms with Crippen LogP contribution in [-0.4, -0.2) is 52.9 Å². The van der Waals surface area contributed by atoms with Crippen molar-refractivity contribution in [3.63, 3.8) is 0 Å². The fourth-order valence-electron chi connectivity index (χ4n) is 5.58. The molecular formula is C31H27ClN4O5S. The fourth-order valence-corrected chi connectivity index (χ4v) is 7.14. The first-order chi connectivity index (χ1) is 20.3. The lowest BCUT2D eigenvalue weighted by Gasteiger charge is -2.25. The largest absolute Gasteiger partial charge is 0.497 e. The third-order valence-corrected chi connectivity index (χ3v) is 9.61. The van der Waals surface area contributed by atoms with E-state index in [0.717, 1.165) is 16.0 Å². The lowest BCUT2D eigenvalue weighted by atomic mass is 10.00. The average molecular weight is 603 g/mol. The monoisotopic (exact) mass is 602 g/mol. The zero-order valence-corrected chi connectivity index (χ0v) is 24.2. The molecule has 3 aromatic carbocycles. The van der Waals surface area contributed by atoms with Gasteiger partial charge in [-0.15, -0.1) is 0 Å². The number of ether oxygens (including phenoxy) is 1. The molecule has 214 valence electrons. The second-order valence-corrected chi connectivity index (χ2v) is 12.3. The van der Waals surface area contributed by atoms with Crippen LogP contribution in [0.2, 0.25) is 5.02 Å². The van der Waals surface area contributed by atoms with Crippen LogP contribution in [0.15, 0.2) is 107 Å². The maximum absolute atomic E-state index is 14.4. The highest BCUT2D eigenvalue weighted by Crippen LogP contribution is 2.33. The molecule has 6 rings (SSSR count). The summed E-state index contributed by atoms with van der Waals surface area (Å²) in [5.74, 6) is 0.290. The van der Waals surface area contributed by atoms with Crippen molar-refractivity contribution in [3.05, 3.63) is 124 Å². The number of imidazole rings is 1. The molecule has 2 atom stereocenters. The summed E-state index contributed by atoms with van der Waals surface area (Å²) in [6, 6.07) is 22.0. The van der Waals surface area contributed by atoms with Gasteiger partial charge >= 0.3 is 5.69 Å². The Labute approximate surface area is 247 Å². The summed E-state index contributed by atoms with van der Waals surface area (Å²) >= 11 is 6.37. The van der Waals surface area contributed by atoms with Crippen molar-refractivity contribution in [1.82, 2.24) is 18.4 Å². The molecule has 9 nitrogen and oxygen atoms in total. The molecule has 42 heavy (non-hydrogen) atoms. The molecule has 0 spiro atoms. The second kappa shape index (κ2) is 11.1. The van der Waals surface area contributed by atoms with Gasteiger partial charge in [-0.2, -0.15) is 3.97 Å². The number of fused-ring (bicyclic) bond motifs is 1. The minimum atomic E-state index is -4.36. The van der Waals surface area contributed by atoms with Crippen molar-refractivity contribution < 1.29 is 17.9 Å². The van der Waals surface area contributed by atoms with Crippen molar-refractivity contribution in [2.45, 2.75) is 23.3 Å². The van der Waals surface area contributed by atoms with Crippen molar-refractivity contribution in [1.29, 1.82) is 0 Å². The third kappa shape index (κ3) is 4.86. The summed E-state index contributed by atoms with van der Waals surface area (Å²) in [7, 11) is -2.89. The second-order valence-electron chi connectivity index (χ2n) is 10.1.